The van der Waals surface area contributed by atoms with Crippen LogP contribution < -0.4 is 0 Å². The Bertz CT molecular complexity index is 531. The van der Waals surface area contributed by atoms with Crippen LogP contribution in [-0.2, 0) is 4.74 Å². The molecule has 1 aromatic heterocycles. The maximum absolute atomic E-state index is 12.0. The van der Waals surface area contributed by atoms with Gasteiger partial charge in [-0.25, -0.2) is 4.79 Å². The highest BCUT2D eigenvalue weighted by molar-refractivity contribution is 5.97. The highest BCUT2D eigenvalue weighted by Crippen LogP contribution is 2.25. The van der Waals surface area contributed by atoms with Crippen LogP contribution in [0.25, 0.3) is 11.3 Å². The molecular formula is C14H15NO3. The smallest absolute Gasteiger partial charge is 0.344 e. The second-order valence-corrected chi connectivity index (χ2v) is 3.96. The Balaban J connectivity index is 2.36. The van der Waals surface area contributed by atoms with E-state index in [0.717, 1.165) is 12.0 Å². The first-order valence-electron chi connectivity index (χ1n) is 5.93. The molecule has 0 fully saturated rings. The van der Waals surface area contributed by atoms with Gasteiger partial charge in [0.25, 0.3) is 0 Å². The van der Waals surface area contributed by atoms with Crippen LogP contribution in [0.3, 0.4) is 0 Å². The van der Waals surface area contributed by atoms with Gasteiger partial charge in [0, 0.05) is 5.56 Å². The molecule has 0 bridgehead atoms. The van der Waals surface area contributed by atoms with E-state index in [1.807, 2.05) is 37.3 Å². The summed E-state index contributed by atoms with van der Waals surface area (Å²) in [5.74, 6) is 0.101. The van der Waals surface area contributed by atoms with Crippen molar-refractivity contribution in [1.82, 2.24) is 5.16 Å². The van der Waals surface area contributed by atoms with Crippen LogP contribution in [0.5, 0.6) is 0 Å². The average Bonchev–Trinajstić information content (AvgIpc) is 2.79. The lowest BCUT2D eigenvalue weighted by atomic mass is 10.1. The molecule has 0 spiro atoms. The van der Waals surface area contributed by atoms with E-state index in [1.165, 1.54) is 0 Å². The fraction of sp³-hybridized carbons (Fsp3) is 0.286. The Morgan fingerprint density at radius 2 is 2.06 bits per heavy atom. The second kappa shape index (κ2) is 5.49. The zero-order valence-corrected chi connectivity index (χ0v) is 10.5. The first-order chi connectivity index (χ1) is 8.74. The Morgan fingerprint density at radius 1 is 1.33 bits per heavy atom. The molecule has 18 heavy (non-hydrogen) atoms. The predicted molar refractivity (Wildman–Crippen MR) is 67.2 cm³/mol. The predicted octanol–water partition coefficient (Wildman–Crippen LogP) is 3.22. The molecule has 0 radical (unpaired) electrons. The summed E-state index contributed by atoms with van der Waals surface area (Å²) in [5, 5.41) is 3.94. The van der Waals surface area contributed by atoms with Crippen molar-refractivity contribution in [2.24, 2.45) is 0 Å². The summed E-state index contributed by atoms with van der Waals surface area (Å²) in [6.45, 7) is 4.06. The third-order valence-corrected chi connectivity index (χ3v) is 2.55. The summed E-state index contributed by atoms with van der Waals surface area (Å²) >= 11 is 0. The Labute approximate surface area is 106 Å². The SMILES string of the molecule is CCCOC(=O)c1c(-c2ccccc2)noc1C. The van der Waals surface area contributed by atoms with E-state index in [2.05, 4.69) is 5.16 Å². The molecule has 0 N–H and O–H groups in total. The Hall–Kier alpha value is -2.10. The van der Waals surface area contributed by atoms with Crippen molar-refractivity contribution in [3.05, 3.63) is 41.7 Å². The summed E-state index contributed by atoms with van der Waals surface area (Å²) < 4.78 is 10.2. The molecule has 94 valence electrons. The van der Waals surface area contributed by atoms with Gasteiger partial charge in [-0.3, -0.25) is 0 Å². The van der Waals surface area contributed by atoms with Gasteiger partial charge in [0.1, 0.15) is 17.0 Å². The molecule has 0 aliphatic rings. The van der Waals surface area contributed by atoms with Crippen molar-refractivity contribution in [3.8, 4) is 11.3 Å². The molecule has 0 aliphatic carbocycles. The van der Waals surface area contributed by atoms with E-state index < -0.39 is 0 Å². The third kappa shape index (κ3) is 2.42. The number of carbonyl (C=O) groups is 1. The molecule has 2 rings (SSSR count). The van der Waals surface area contributed by atoms with Crippen molar-refractivity contribution in [2.75, 3.05) is 6.61 Å². The number of aromatic nitrogens is 1. The van der Waals surface area contributed by atoms with Gasteiger partial charge >= 0.3 is 5.97 Å². The lowest BCUT2D eigenvalue weighted by Gasteiger charge is -2.03. The van der Waals surface area contributed by atoms with Crippen LogP contribution in [0.4, 0.5) is 0 Å². The van der Waals surface area contributed by atoms with Crippen molar-refractivity contribution in [3.63, 3.8) is 0 Å². The monoisotopic (exact) mass is 245 g/mol. The highest BCUT2D eigenvalue weighted by Gasteiger charge is 2.22. The van der Waals surface area contributed by atoms with Gasteiger partial charge < -0.3 is 9.26 Å². The number of benzene rings is 1. The summed E-state index contributed by atoms with van der Waals surface area (Å²) in [6.07, 6.45) is 0.788. The number of aryl methyl sites for hydroxylation is 1. The van der Waals surface area contributed by atoms with Gasteiger partial charge in [-0.1, -0.05) is 42.4 Å². The van der Waals surface area contributed by atoms with Crippen LogP contribution in [0, 0.1) is 6.92 Å². The van der Waals surface area contributed by atoms with Crippen LogP contribution in [0.2, 0.25) is 0 Å². The molecule has 0 saturated heterocycles. The summed E-state index contributed by atoms with van der Waals surface area (Å²) in [7, 11) is 0. The lowest BCUT2D eigenvalue weighted by Crippen LogP contribution is -2.07. The zero-order valence-electron chi connectivity index (χ0n) is 10.5. The normalized spacial score (nSPS) is 10.3. The molecule has 4 heteroatoms. The van der Waals surface area contributed by atoms with Crippen molar-refractivity contribution >= 4 is 5.97 Å². The molecule has 0 amide bonds. The summed E-state index contributed by atoms with van der Waals surface area (Å²) in [6, 6.07) is 9.45. The lowest BCUT2D eigenvalue weighted by molar-refractivity contribution is 0.0504. The number of hydrogen-bond donors (Lipinski definition) is 0. The fourth-order valence-corrected chi connectivity index (χ4v) is 1.67. The maximum atomic E-state index is 12.0. The molecule has 0 aliphatic heterocycles. The molecule has 0 saturated carbocycles. The second-order valence-electron chi connectivity index (χ2n) is 3.96. The van der Waals surface area contributed by atoms with Gasteiger partial charge in [0.15, 0.2) is 0 Å². The molecule has 4 nitrogen and oxygen atoms in total. The van der Waals surface area contributed by atoms with Gasteiger partial charge in [-0.15, -0.1) is 0 Å². The molecule has 0 unspecified atom stereocenters. The largest absolute Gasteiger partial charge is 0.462 e. The van der Waals surface area contributed by atoms with E-state index >= 15 is 0 Å². The molecule has 1 aromatic carbocycles. The van der Waals surface area contributed by atoms with E-state index in [4.69, 9.17) is 9.26 Å². The topological polar surface area (TPSA) is 52.3 Å². The molecular weight excluding hydrogens is 230 g/mol. The summed E-state index contributed by atoms with van der Waals surface area (Å²) in [5.41, 5.74) is 1.79. The minimum atomic E-state index is -0.380. The number of carbonyl (C=O) groups excluding carboxylic acids is 1. The maximum Gasteiger partial charge on any atom is 0.344 e. The van der Waals surface area contributed by atoms with Crippen LogP contribution >= 0.6 is 0 Å². The summed E-state index contributed by atoms with van der Waals surface area (Å²) in [4.78, 5) is 12.0. The van der Waals surface area contributed by atoms with Crippen molar-refractivity contribution in [2.45, 2.75) is 20.3 Å². The fourth-order valence-electron chi connectivity index (χ4n) is 1.67. The van der Waals surface area contributed by atoms with Crippen LogP contribution in [-0.4, -0.2) is 17.7 Å². The van der Waals surface area contributed by atoms with Gasteiger partial charge in [0.05, 0.1) is 6.61 Å². The van der Waals surface area contributed by atoms with Crippen LogP contribution in [0.1, 0.15) is 29.5 Å². The standard InChI is InChI=1S/C14H15NO3/c1-3-9-17-14(16)12-10(2)18-15-13(12)11-7-5-4-6-8-11/h4-8H,3,9H2,1-2H3. The van der Waals surface area contributed by atoms with E-state index in [0.29, 0.717) is 23.6 Å². The van der Waals surface area contributed by atoms with E-state index in [-0.39, 0.29) is 5.97 Å². The number of nitrogens with zero attached hydrogens (tertiary/aromatic N) is 1. The van der Waals surface area contributed by atoms with Gasteiger partial charge in [0.2, 0.25) is 0 Å². The minimum Gasteiger partial charge on any atom is -0.462 e. The number of rotatable bonds is 4. The third-order valence-electron chi connectivity index (χ3n) is 2.55. The van der Waals surface area contributed by atoms with Gasteiger partial charge in [-0.05, 0) is 13.3 Å². The minimum absolute atomic E-state index is 0.380. The number of esters is 1. The quantitative estimate of drug-likeness (QED) is 0.776. The van der Waals surface area contributed by atoms with E-state index in [1.54, 1.807) is 6.92 Å². The van der Waals surface area contributed by atoms with Crippen molar-refractivity contribution < 1.29 is 14.1 Å². The highest BCUT2D eigenvalue weighted by atomic mass is 16.5. The average molecular weight is 245 g/mol. The molecule has 1 heterocycles. The molecule has 2 aromatic rings. The zero-order chi connectivity index (χ0) is 13.0. The first kappa shape index (κ1) is 12.4. The van der Waals surface area contributed by atoms with E-state index in [9.17, 15) is 4.79 Å². The van der Waals surface area contributed by atoms with Gasteiger partial charge in [-0.2, -0.15) is 0 Å². The van der Waals surface area contributed by atoms with Crippen molar-refractivity contribution in [1.29, 1.82) is 0 Å². The first-order valence-corrected chi connectivity index (χ1v) is 5.93. The Morgan fingerprint density at radius 3 is 2.72 bits per heavy atom. The molecule has 0 atom stereocenters. The number of ether oxygens (including phenoxy) is 1. The van der Waals surface area contributed by atoms with Crippen LogP contribution in [0.15, 0.2) is 34.9 Å². The number of hydrogen-bond acceptors (Lipinski definition) is 4. The Kier molecular flexibility index (Phi) is 3.77.